The lowest BCUT2D eigenvalue weighted by Gasteiger charge is -2.38. The van der Waals surface area contributed by atoms with Gasteiger partial charge in [0, 0.05) is 41.9 Å². The van der Waals surface area contributed by atoms with Crippen molar-refractivity contribution in [3.63, 3.8) is 0 Å². The molecule has 1 fully saturated rings. The average molecular weight is 547 g/mol. The van der Waals surface area contributed by atoms with E-state index in [0.717, 1.165) is 9.87 Å². The van der Waals surface area contributed by atoms with E-state index >= 15 is 0 Å². The molecule has 0 bridgehead atoms. The number of carbonyl (C=O) groups is 1. The van der Waals surface area contributed by atoms with Gasteiger partial charge in [0.1, 0.15) is 6.54 Å². The van der Waals surface area contributed by atoms with Crippen LogP contribution >= 0.6 is 23.2 Å². The lowest BCUT2D eigenvalue weighted by atomic mass is 10.1. The Morgan fingerprint density at radius 2 is 1.50 bits per heavy atom. The topological polar surface area (TPSA) is 60.9 Å². The van der Waals surface area contributed by atoms with Gasteiger partial charge in [-0.3, -0.25) is 9.10 Å². The molecule has 0 saturated carbocycles. The van der Waals surface area contributed by atoms with Gasteiger partial charge in [-0.15, -0.1) is 0 Å². The maximum Gasteiger partial charge on any atom is 0.264 e. The molecule has 3 aromatic carbocycles. The molecule has 3 aromatic rings. The van der Waals surface area contributed by atoms with Crippen LogP contribution in [0.3, 0.4) is 0 Å². The number of sulfonamides is 1. The van der Waals surface area contributed by atoms with Crippen LogP contribution in [0.5, 0.6) is 0 Å². The maximum atomic E-state index is 13.7. The van der Waals surface area contributed by atoms with Crippen molar-refractivity contribution in [2.24, 2.45) is 0 Å². The Morgan fingerprint density at radius 3 is 2.11 bits per heavy atom. The third-order valence-electron chi connectivity index (χ3n) is 6.57. The number of anilines is 2. The summed E-state index contributed by atoms with van der Waals surface area (Å²) < 4.78 is 28.4. The molecule has 190 valence electrons. The van der Waals surface area contributed by atoms with Gasteiger partial charge in [-0.05, 0) is 68.3 Å². The first-order valence-electron chi connectivity index (χ1n) is 11.7. The zero-order valence-corrected chi connectivity index (χ0v) is 22.9. The molecule has 0 N–H and O–H groups in total. The number of hydrogen-bond donors (Lipinski definition) is 0. The van der Waals surface area contributed by atoms with E-state index in [0.29, 0.717) is 26.2 Å². The van der Waals surface area contributed by atoms with Crippen LogP contribution in [0.25, 0.3) is 0 Å². The van der Waals surface area contributed by atoms with Gasteiger partial charge >= 0.3 is 0 Å². The largest absolute Gasteiger partial charge is 0.368 e. The predicted octanol–water partition coefficient (Wildman–Crippen LogP) is 5.46. The normalized spacial score (nSPS) is 14.1. The summed E-state index contributed by atoms with van der Waals surface area (Å²) in [5.41, 5.74) is 4.80. The standard InChI is InChI=1S/C27H29Cl2N3O3S/c1-19-7-9-25(10-8-19)36(34,35)32(24-16-22(28)15-23(29)17-24)18-27(33)31-13-11-30(12-14-31)26-6-4-5-20(2)21(26)3/h4-10,15-17H,11-14,18H2,1-3H3. The quantitative estimate of drug-likeness (QED) is 0.412. The average Bonchev–Trinajstić information content (AvgIpc) is 2.84. The lowest BCUT2D eigenvalue weighted by molar-refractivity contribution is -0.129. The van der Waals surface area contributed by atoms with E-state index in [1.807, 2.05) is 13.0 Å². The zero-order valence-electron chi connectivity index (χ0n) is 20.5. The Labute approximate surface area is 223 Å². The molecule has 4 rings (SSSR count). The van der Waals surface area contributed by atoms with Gasteiger partial charge in [-0.1, -0.05) is 53.0 Å². The Morgan fingerprint density at radius 1 is 0.889 bits per heavy atom. The SMILES string of the molecule is Cc1ccc(S(=O)(=O)N(CC(=O)N2CCN(c3cccc(C)c3C)CC2)c2cc(Cl)cc(Cl)c2)cc1. The molecule has 0 radical (unpaired) electrons. The molecular weight excluding hydrogens is 517 g/mol. The van der Waals surface area contributed by atoms with Gasteiger partial charge in [0.2, 0.25) is 5.91 Å². The van der Waals surface area contributed by atoms with Crippen LogP contribution < -0.4 is 9.21 Å². The number of halogens is 2. The fourth-order valence-electron chi connectivity index (χ4n) is 4.33. The molecule has 9 heteroatoms. The molecule has 1 aliphatic rings. The number of carbonyl (C=O) groups excluding carboxylic acids is 1. The summed E-state index contributed by atoms with van der Waals surface area (Å²) in [5, 5.41) is 0.576. The second-order valence-electron chi connectivity index (χ2n) is 9.04. The number of piperazine rings is 1. The summed E-state index contributed by atoms with van der Waals surface area (Å²) in [6.45, 7) is 8.06. The smallest absolute Gasteiger partial charge is 0.264 e. The summed E-state index contributed by atoms with van der Waals surface area (Å²) in [6.07, 6.45) is 0. The monoisotopic (exact) mass is 545 g/mol. The van der Waals surface area contributed by atoms with Crippen LogP contribution in [0.4, 0.5) is 11.4 Å². The first kappa shape index (κ1) is 26.3. The van der Waals surface area contributed by atoms with Crippen molar-refractivity contribution in [3.8, 4) is 0 Å². The van der Waals surface area contributed by atoms with Crippen molar-refractivity contribution < 1.29 is 13.2 Å². The van der Waals surface area contributed by atoms with Gasteiger partial charge in [-0.2, -0.15) is 0 Å². The second kappa shape index (κ2) is 10.7. The summed E-state index contributed by atoms with van der Waals surface area (Å²) in [7, 11) is -4.04. The molecule has 1 aliphatic heterocycles. The van der Waals surface area contributed by atoms with E-state index in [-0.39, 0.29) is 33.1 Å². The van der Waals surface area contributed by atoms with Gasteiger partial charge in [0.25, 0.3) is 10.0 Å². The Kier molecular flexibility index (Phi) is 7.83. The van der Waals surface area contributed by atoms with Crippen molar-refractivity contribution in [1.29, 1.82) is 0 Å². The third-order valence-corrected chi connectivity index (χ3v) is 8.80. The summed E-state index contributed by atoms with van der Waals surface area (Å²) in [6, 6.07) is 17.3. The van der Waals surface area contributed by atoms with Crippen molar-refractivity contribution in [2.75, 3.05) is 41.9 Å². The molecule has 0 aromatic heterocycles. The Hall–Kier alpha value is -2.74. The van der Waals surface area contributed by atoms with Crippen LogP contribution in [0, 0.1) is 20.8 Å². The zero-order chi connectivity index (χ0) is 26.0. The Balaban J connectivity index is 1.57. The molecule has 36 heavy (non-hydrogen) atoms. The first-order valence-corrected chi connectivity index (χ1v) is 13.9. The lowest BCUT2D eigenvalue weighted by Crippen LogP contribution is -2.52. The van der Waals surface area contributed by atoms with E-state index in [2.05, 4.69) is 30.9 Å². The van der Waals surface area contributed by atoms with Crippen LogP contribution in [0.2, 0.25) is 10.0 Å². The molecule has 1 amide bonds. The van der Waals surface area contributed by atoms with Crippen LogP contribution in [0.1, 0.15) is 16.7 Å². The van der Waals surface area contributed by atoms with Crippen LogP contribution in [-0.2, 0) is 14.8 Å². The highest BCUT2D eigenvalue weighted by Crippen LogP contribution is 2.30. The summed E-state index contributed by atoms with van der Waals surface area (Å²) in [5.74, 6) is -0.276. The summed E-state index contributed by atoms with van der Waals surface area (Å²) >= 11 is 12.4. The fraction of sp³-hybridized carbons (Fsp3) is 0.296. The molecule has 1 saturated heterocycles. The number of amides is 1. The van der Waals surface area contributed by atoms with E-state index in [1.54, 1.807) is 17.0 Å². The number of hydrogen-bond acceptors (Lipinski definition) is 4. The van der Waals surface area contributed by atoms with E-state index in [4.69, 9.17) is 23.2 Å². The van der Waals surface area contributed by atoms with Crippen LogP contribution in [-0.4, -0.2) is 51.9 Å². The minimum Gasteiger partial charge on any atom is -0.368 e. The molecular formula is C27H29Cl2N3O3S. The van der Waals surface area contributed by atoms with Crippen molar-refractivity contribution in [3.05, 3.63) is 87.4 Å². The molecule has 0 aliphatic carbocycles. The maximum absolute atomic E-state index is 13.7. The molecule has 1 heterocycles. The van der Waals surface area contributed by atoms with Crippen LogP contribution in [0.15, 0.2) is 65.6 Å². The molecule has 0 spiro atoms. The van der Waals surface area contributed by atoms with Gasteiger partial charge in [-0.25, -0.2) is 8.42 Å². The molecule has 0 unspecified atom stereocenters. The summed E-state index contributed by atoms with van der Waals surface area (Å²) in [4.78, 5) is 17.5. The highest BCUT2D eigenvalue weighted by molar-refractivity contribution is 7.92. The van der Waals surface area contributed by atoms with Gasteiger partial charge in [0.05, 0.1) is 10.6 Å². The minimum absolute atomic E-state index is 0.0942. The number of aryl methyl sites for hydroxylation is 2. The molecule has 0 atom stereocenters. The number of rotatable bonds is 6. The highest BCUT2D eigenvalue weighted by Gasteiger charge is 2.31. The van der Waals surface area contributed by atoms with Gasteiger partial charge in [0.15, 0.2) is 0 Å². The van der Waals surface area contributed by atoms with E-state index in [9.17, 15) is 13.2 Å². The van der Waals surface area contributed by atoms with Crippen molar-refractivity contribution in [2.45, 2.75) is 25.7 Å². The minimum atomic E-state index is -4.04. The first-order chi connectivity index (χ1) is 17.1. The van der Waals surface area contributed by atoms with Gasteiger partial charge < -0.3 is 9.80 Å². The highest BCUT2D eigenvalue weighted by atomic mass is 35.5. The van der Waals surface area contributed by atoms with E-state index in [1.165, 1.54) is 47.1 Å². The second-order valence-corrected chi connectivity index (χ2v) is 11.8. The van der Waals surface area contributed by atoms with E-state index < -0.39 is 10.0 Å². The number of benzene rings is 3. The van der Waals surface area contributed by atoms with Crippen molar-refractivity contribution >= 4 is 50.5 Å². The third kappa shape index (κ3) is 5.64. The predicted molar refractivity (Wildman–Crippen MR) is 147 cm³/mol. The Bertz CT molecular complexity index is 1350. The molecule has 6 nitrogen and oxygen atoms in total. The number of nitrogens with zero attached hydrogens (tertiary/aromatic N) is 3. The van der Waals surface area contributed by atoms with Crippen molar-refractivity contribution in [1.82, 2.24) is 4.90 Å². The fourth-order valence-corrected chi connectivity index (χ4v) is 6.25.